The molecule has 0 amide bonds. The standard InChI is InChI=1S/C17H30N6/c1-15(2)7-4-5-8-19-16(18-3)22-11-13-23(14-12-22)17-20-9-6-10-21-17/h6,9-10,15H,4-5,7-8,11-14H2,1-3H3,(H,18,19). The largest absolute Gasteiger partial charge is 0.356 e. The van der Waals surface area contributed by atoms with Crippen LogP contribution < -0.4 is 10.2 Å². The summed E-state index contributed by atoms with van der Waals surface area (Å²) in [6, 6.07) is 1.85. The first kappa shape index (κ1) is 17.5. The van der Waals surface area contributed by atoms with Gasteiger partial charge in [-0.2, -0.15) is 0 Å². The Labute approximate surface area is 140 Å². The van der Waals surface area contributed by atoms with Gasteiger partial charge in [0.05, 0.1) is 0 Å². The Balaban J connectivity index is 1.72. The minimum absolute atomic E-state index is 0.794. The molecule has 2 rings (SSSR count). The molecule has 2 heterocycles. The molecule has 23 heavy (non-hydrogen) atoms. The lowest BCUT2D eigenvalue weighted by Gasteiger charge is -2.36. The van der Waals surface area contributed by atoms with Crippen LogP contribution in [0, 0.1) is 5.92 Å². The van der Waals surface area contributed by atoms with Crippen molar-refractivity contribution < 1.29 is 0 Å². The van der Waals surface area contributed by atoms with E-state index in [-0.39, 0.29) is 0 Å². The van der Waals surface area contributed by atoms with E-state index in [1.165, 1.54) is 19.3 Å². The number of anilines is 1. The zero-order valence-corrected chi connectivity index (χ0v) is 14.7. The van der Waals surface area contributed by atoms with Gasteiger partial charge in [-0.3, -0.25) is 4.99 Å². The summed E-state index contributed by atoms with van der Waals surface area (Å²) in [5.74, 6) is 2.63. The number of nitrogens with one attached hydrogen (secondary N) is 1. The Morgan fingerprint density at radius 3 is 2.48 bits per heavy atom. The summed E-state index contributed by atoms with van der Waals surface area (Å²) in [7, 11) is 1.86. The van der Waals surface area contributed by atoms with Crippen LogP contribution in [0.4, 0.5) is 5.95 Å². The number of hydrogen-bond donors (Lipinski definition) is 1. The van der Waals surface area contributed by atoms with Crippen molar-refractivity contribution in [2.75, 3.05) is 44.7 Å². The molecule has 6 heteroatoms. The van der Waals surface area contributed by atoms with Gasteiger partial charge in [-0.1, -0.05) is 26.7 Å². The molecule has 1 aromatic rings. The third-order valence-corrected chi connectivity index (χ3v) is 4.12. The van der Waals surface area contributed by atoms with Crippen LogP contribution in [0.25, 0.3) is 0 Å². The molecular formula is C17H30N6. The Bertz CT molecular complexity index is 465. The maximum atomic E-state index is 4.42. The normalized spacial score (nSPS) is 16.1. The summed E-state index contributed by atoms with van der Waals surface area (Å²) in [6.45, 7) is 9.32. The van der Waals surface area contributed by atoms with Crippen LogP contribution in [0.5, 0.6) is 0 Å². The molecule has 0 bridgehead atoms. The van der Waals surface area contributed by atoms with Gasteiger partial charge in [0.2, 0.25) is 5.95 Å². The molecular weight excluding hydrogens is 288 g/mol. The predicted octanol–water partition coefficient (Wildman–Crippen LogP) is 2.00. The molecule has 1 fully saturated rings. The van der Waals surface area contributed by atoms with Crippen molar-refractivity contribution in [2.45, 2.75) is 33.1 Å². The molecule has 0 saturated carbocycles. The van der Waals surface area contributed by atoms with E-state index in [2.05, 4.69) is 43.9 Å². The second kappa shape index (κ2) is 9.33. The van der Waals surface area contributed by atoms with E-state index in [0.717, 1.165) is 50.5 Å². The third-order valence-electron chi connectivity index (χ3n) is 4.12. The maximum Gasteiger partial charge on any atom is 0.225 e. The highest BCUT2D eigenvalue weighted by atomic mass is 15.4. The fourth-order valence-corrected chi connectivity index (χ4v) is 2.78. The van der Waals surface area contributed by atoms with Crippen LogP contribution in [0.2, 0.25) is 0 Å². The highest BCUT2D eigenvalue weighted by molar-refractivity contribution is 5.80. The van der Waals surface area contributed by atoms with E-state index < -0.39 is 0 Å². The molecule has 1 N–H and O–H groups in total. The van der Waals surface area contributed by atoms with Gasteiger partial charge in [-0.15, -0.1) is 0 Å². The molecule has 0 spiro atoms. The monoisotopic (exact) mass is 318 g/mol. The average molecular weight is 318 g/mol. The minimum atomic E-state index is 0.794. The minimum Gasteiger partial charge on any atom is -0.356 e. The summed E-state index contributed by atoms with van der Waals surface area (Å²) in [6.07, 6.45) is 7.38. The van der Waals surface area contributed by atoms with Gasteiger partial charge in [-0.25, -0.2) is 9.97 Å². The first-order chi connectivity index (χ1) is 11.2. The van der Waals surface area contributed by atoms with Gasteiger partial charge < -0.3 is 15.1 Å². The van der Waals surface area contributed by atoms with Gasteiger partial charge >= 0.3 is 0 Å². The predicted molar refractivity (Wildman–Crippen MR) is 95.9 cm³/mol. The van der Waals surface area contributed by atoms with E-state index in [0.29, 0.717) is 0 Å². The van der Waals surface area contributed by atoms with Crippen molar-refractivity contribution in [3.63, 3.8) is 0 Å². The fraction of sp³-hybridized carbons (Fsp3) is 0.706. The number of piperazine rings is 1. The summed E-state index contributed by atoms with van der Waals surface area (Å²) in [5.41, 5.74) is 0. The molecule has 1 aromatic heterocycles. The van der Waals surface area contributed by atoms with E-state index >= 15 is 0 Å². The van der Waals surface area contributed by atoms with Gasteiger partial charge in [0.25, 0.3) is 0 Å². The van der Waals surface area contributed by atoms with Crippen molar-refractivity contribution in [3.05, 3.63) is 18.5 Å². The highest BCUT2D eigenvalue weighted by Gasteiger charge is 2.20. The summed E-state index contributed by atoms with van der Waals surface area (Å²) < 4.78 is 0. The van der Waals surface area contributed by atoms with E-state index in [1.807, 2.05) is 13.1 Å². The summed E-state index contributed by atoms with van der Waals surface area (Å²) in [5, 5.41) is 3.49. The maximum absolute atomic E-state index is 4.42. The Morgan fingerprint density at radius 1 is 1.17 bits per heavy atom. The second-order valence-corrected chi connectivity index (χ2v) is 6.39. The second-order valence-electron chi connectivity index (χ2n) is 6.39. The molecule has 1 saturated heterocycles. The number of unbranched alkanes of at least 4 members (excludes halogenated alkanes) is 1. The third kappa shape index (κ3) is 5.69. The Morgan fingerprint density at radius 2 is 1.87 bits per heavy atom. The first-order valence-electron chi connectivity index (χ1n) is 8.68. The van der Waals surface area contributed by atoms with Crippen LogP contribution in [0.15, 0.2) is 23.5 Å². The topological polar surface area (TPSA) is 56.7 Å². The molecule has 128 valence electrons. The number of rotatable bonds is 6. The number of nitrogens with zero attached hydrogens (tertiary/aromatic N) is 5. The molecule has 0 aromatic carbocycles. The lowest BCUT2D eigenvalue weighted by Crippen LogP contribution is -2.53. The molecule has 0 aliphatic carbocycles. The van der Waals surface area contributed by atoms with Gasteiger partial charge in [0, 0.05) is 52.2 Å². The van der Waals surface area contributed by atoms with E-state index in [4.69, 9.17) is 0 Å². The number of aliphatic imine (C=N–C) groups is 1. The van der Waals surface area contributed by atoms with E-state index in [1.54, 1.807) is 12.4 Å². The van der Waals surface area contributed by atoms with Crippen LogP contribution >= 0.6 is 0 Å². The number of hydrogen-bond acceptors (Lipinski definition) is 4. The average Bonchev–Trinajstić information content (AvgIpc) is 2.59. The Kier molecular flexibility index (Phi) is 7.10. The lowest BCUT2D eigenvalue weighted by atomic mass is 10.1. The number of aromatic nitrogens is 2. The van der Waals surface area contributed by atoms with Crippen LogP contribution in [0.3, 0.4) is 0 Å². The van der Waals surface area contributed by atoms with Crippen LogP contribution in [-0.4, -0.2) is 60.6 Å². The summed E-state index contributed by atoms with van der Waals surface area (Å²) in [4.78, 5) is 17.6. The smallest absolute Gasteiger partial charge is 0.225 e. The molecule has 1 aliphatic rings. The fourth-order valence-electron chi connectivity index (χ4n) is 2.78. The van der Waals surface area contributed by atoms with Crippen molar-refractivity contribution in [1.29, 1.82) is 0 Å². The molecule has 1 aliphatic heterocycles. The zero-order valence-electron chi connectivity index (χ0n) is 14.7. The Hall–Kier alpha value is -1.85. The van der Waals surface area contributed by atoms with Crippen molar-refractivity contribution in [3.8, 4) is 0 Å². The first-order valence-corrected chi connectivity index (χ1v) is 8.68. The molecule has 6 nitrogen and oxygen atoms in total. The van der Waals surface area contributed by atoms with Gasteiger partial charge in [-0.05, 0) is 18.4 Å². The molecule has 0 radical (unpaired) electrons. The highest BCUT2D eigenvalue weighted by Crippen LogP contribution is 2.10. The van der Waals surface area contributed by atoms with Crippen LogP contribution in [-0.2, 0) is 0 Å². The summed E-state index contributed by atoms with van der Waals surface area (Å²) >= 11 is 0. The zero-order chi connectivity index (χ0) is 16.5. The lowest BCUT2D eigenvalue weighted by molar-refractivity contribution is 0.369. The molecule has 0 unspecified atom stereocenters. The number of guanidine groups is 1. The SMILES string of the molecule is CN=C(NCCCCC(C)C)N1CCN(c2ncccn2)CC1. The quantitative estimate of drug-likeness (QED) is 0.494. The van der Waals surface area contributed by atoms with E-state index in [9.17, 15) is 0 Å². The van der Waals surface area contributed by atoms with Crippen molar-refractivity contribution >= 4 is 11.9 Å². The van der Waals surface area contributed by atoms with Crippen LogP contribution in [0.1, 0.15) is 33.1 Å². The molecule has 0 atom stereocenters. The van der Waals surface area contributed by atoms with Gasteiger partial charge in [0.15, 0.2) is 5.96 Å². The van der Waals surface area contributed by atoms with Gasteiger partial charge in [0.1, 0.15) is 0 Å². The van der Waals surface area contributed by atoms with Crippen molar-refractivity contribution in [2.24, 2.45) is 10.9 Å². The van der Waals surface area contributed by atoms with Crippen molar-refractivity contribution in [1.82, 2.24) is 20.2 Å².